The molecule has 1 saturated carbocycles. The van der Waals surface area contributed by atoms with Gasteiger partial charge in [0, 0.05) is 6.04 Å². The zero-order valence-corrected chi connectivity index (χ0v) is 14.0. The van der Waals surface area contributed by atoms with Crippen LogP contribution in [0, 0.1) is 11.8 Å². The fourth-order valence-corrected chi connectivity index (χ4v) is 5.84. The van der Waals surface area contributed by atoms with Gasteiger partial charge in [0.2, 0.25) is 0 Å². The van der Waals surface area contributed by atoms with Crippen LogP contribution >= 0.6 is 0 Å². The smallest absolute Gasteiger partial charge is 0.157 e. The standard InChI is InChI=1S/C15H31NO2S/c1-6-8-16-14-10-11(3)9-12(4)15(14)19(17,18)13(5)7-2/h11-16H,6-10H2,1-5H3. The number of rotatable bonds is 6. The van der Waals surface area contributed by atoms with Gasteiger partial charge in [-0.05, 0) is 51.0 Å². The monoisotopic (exact) mass is 289 g/mol. The van der Waals surface area contributed by atoms with E-state index < -0.39 is 9.84 Å². The first kappa shape index (κ1) is 17.0. The van der Waals surface area contributed by atoms with E-state index in [0.29, 0.717) is 12.3 Å². The number of sulfone groups is 1. The lowest BCUT2D eigenvalue weighted by Gasteiger charge is -2.40. The van der Waals surface area contributed by atoms with Gasteiger partial charge in [0.25, 0.3) is 0 Å². The molecular formula is C15H31NO2S. The van der Waals surface area contributed by atoms with Gasteiger partial charge in [-0.1, -0.05) is 27.7 Å². The van der Waals surface area contributed by atoms with Crippen molar-refractivity contribution in [2.45, 2.75) is 76.8 Å². The molecule has 1 rings (SSSR count). The van der Waals surface area contributed by atoms with Crippen molar-refractivity contribution in [3.8, 4) is 0 Å². The molecule has 19 heavy (non-hydrogen) atoms. The maximum atomic E-state index is 12.8. The summed E-state index contributed by atoms with van der Waals surface area (Å²) in [7, 11) is -3.03. The van der Waals surface area contributed by atoms with Gasteiger partial charge in [-0.3, -0.25) is 0 Å². The molecule has 4 heteroatoms. The Morgan fingerprint density at radius 2 is 1.84 bits per heavy atom. The Hall–Kier alpha value is -0.0900. The van der Waals surface area contributed by atoms with E-state index in [1.165, 1.54) is 0 Å². The molecule has 0 bridgehead atoms. The van der Waals surface area contributed by atoms with Gasteiger partial charge < -0.3 is 5.32 Å². The quantitative estimate of drug-likeness (QED) is 0.817. The summed E-state index contributed by atoms with van der Waals surface area (Å²) in [4.78, 5) is 0. The molecule has 1 N–H and O–H groups in total. The summed E-state index contributed by atoms with van der Waals surface area (Å²) in [6.45, 7) is 11.2. The highest BCUT2D eigenvalue weighted by Gasteiger charge is 2.43. The third-order valence-electron chi connectivity index (χ3n) is 4.56. The van der Waals surface area contributed by atoms with Crippen LogP contribution in [-0.2, 0) is 9.84 Å². The van der Waals surface area contributed by atoms with E-state index in [2.05, 4.69) is 26.1 Å². The Labute approximate surface area is 119 Å². The van der Waals surface area contributed by atoms with E-state index in [1.807, 2.05) is 13.8 Å². The summed E-state index contributed by atoms with van der Waals surface area (Å²) < 4.78 is 25.5. The second-order valence-electron chi connectivity index (χ2n) is 6.39. The molecule has 0 saturated heterocycles. The number of hydrogen-bond donors (Lipinski definition) is 1. The van der Waals surface area contributed by atoms with Crippen molar-refractivity contribution in [1.82, 2.24) is 5.32 Å². The van der Waals surface area contributed by atoms with Gasteiger partial charge in [0.1, 0.15) is 0 Å². The molecule has 3 nitrogen and oxygen atoms in total. The van der Waals surface area contributed by atoms with Gasteiger partial charge in [0.05, 0.1) is 10.5 Å². The van der Waals surface area contributed by atoms with Crippen molar-refractivity contribution in [3.63, 3.8) is 0 Å². The summed E-state index contributed by atoms with van der Waals surface area (Å²) in [6, 6.07) is 0.137. The lowest BCUT2D eigenvalue weighted by Crippen LogP contribution is -2.53. The molecule has 0 amide bonds. The molecule has 0 aliphatic heterocycles. The van der Waals surface area contributed by atoms with Crippen LogP contribution in [0.4, 0.5) is 0 Å². The molecule has 1 aliphatic carbocycles. The molecule has 114 valence electrons. The van der Waals surface area contributed by atoms with Crippen molar-refractivity contribution in [1.29, 1.82) is 0 Å². The fourth-order valence-electron chi connectivity index (χ4n) is 3.41. The summed E-state index contributed by atoms with van der Waals surface area (Å²) in [5, 5.41) is 3.06. The van der Waals surface area contributed by atoms with Crippen LogP contribution in [-0.4, -0.2) is 31.5 Å². The van der Waals surface area contributed by atoms with Crippen molar-refractivity contribution in [2.24, 2.45) is 11.8 Å². The number of hydrogen-bond acceptors (Lipinski definition) is 3. The minimum atomic E-state index is -3.03. The molecule has 5 atom stereocenters. The number of nitrogens with one attached hydrogen (secondary N) is 1. The van der Waals surface area contributed by atoms with Gasteiger partial charge in [0.15, 0.2) is 9.84 Å². The molecule has 0 spiro atoms. The Morgan fingerprint density at radius 3 is 2.37 bits per heavy atom. The third kappa shape index (κ3) is 3.94. The molecule has 0 aromatic rings. The van der Waals surface area contributed by atoms with Crippen LogP contribution < -0.4 is 5.32 Å². The normalized spacial score (nSPS) is 34.2. The highest BCUT2D eigenvalue weighted by atomic mass is 32.2. The van der Waals surface area contributed by atoms with Crippen LogP contribution in [0.25, 0.3) is 0 Å². The first-order chi connectivity index (χ1) is 8.84. The summed E-state index contributed by atoms with van der Waals surface area (Å²) in [6.07, 6.45) is 3.78. The molecule has 1 aliphatic rings. The van der Waals surface area contributed by atoms with Crippen molar-refractivity contribution < 1.29 is 8.42 Å². The average Bonchev–Trinajstić information content (AvgIpc) is 2.33. The zero-order chi connectivity index (χ0) is 14.6. The van der Waals surface area contributed by atoms with Crippen molar-refractivity contribution >= 4 is 9.84 Å². The van der Waals surface area contributed by atoms with Crippen LogP contribution in [0.5, 0.6) is 0 Å². The van der Waals surface area contributed by atoms with E-state index in [9.17, 15) is 8.42 Å². The minimum Gasteiger partial charge on any atom is -0.313 e. The van der Waals surface area contributed by atoms with Crippen molar-refractivity contribution in [2.75, 3.05) is 6.54 Å². The molecule has 0 heterocycles. The van der Waals surface area contributed by atoms with Crippen LogP contribution in [0.15, 0.2) is 0 Å². The van der Waals surface area contributed by atoms with E-state index in [-0.39, 0.29) is 22.5 Å². The second-order valence-corrected chi connectivity index (χ2v) is 8.91. The highest BCUT2D eigenvalue weighted by molar-refractivity contribution is 7.92. The molecule has 0 radical (unpaired) electrons. The fraction of sp³-hybridized carbons (Fsp3) is 1.00. The summed E-state index contributed by atoms with van der Waals surface area (Å²) in [5.41, 5.74) is 0. The van der Waals surface area contributed by atoms with Crippen molar-refractivity contribution in [3.05, 3.63) is 0 Å². The first-order valence-electron chi connectivity index (χ1n) is 7.80. The zero-order valence-electron chi connectivity index (χ0n) is 13.1. The van der Waals surface area contributed by atoms with Gasteiger partial charge in [-0.25, -0.2) is 8.42 Å². The Morgan fingerprint density at radius 1 is 1.21 bits per heavy atom. The SMILES string of the molecule is CCCNC1CC(C)CC(C)C1S(=O)(=O)C(C)CC. The molecule has 0 aromatic carbocycles. The molecule has 1 fully saturated rings. The predicted octanol–water partition coefficient (Wildman–Crippen LogP) is 3.00. The Bertz CT molecular complexity index is 366. The maximum absolute atomic E-state index is 12.8. The topological polar surface area (TPSA) is 46.2 Å². The molecule has 5 unspecified atom stereocenters. The van der Waals surface area contributed by atoms with E-state index in [1.54, 1.807) is 0 Å². The van der Waals surface area contributed by atoms with Crippen LogP contribution in [0.2, 0.25) is 0 Å². The minimum absolute atomic E-state index is 0.137. The van der Waals surface area contributed by atoms with Crippen LogP contribution in [0.1, 0.15) is 60.3 Å². The molecular weight excluding hydrogens is 258 g/mol. The lowest BCUT2D eigenvalue weighted by molar-refractivity contribution is 0.241. The predicted molar refractivity (Wildman–Crippen MR) is 82.1 cm³/mol. The first-order valence-corrected chi connectivity index (χ1v) is 9.41. The van der Waals surface area contributed by atoms with E-state index >= 15 is 0 Å². The largest absolute Gasteiger partial charge is 0.313 e. The Kier molecular flexibility index (Phi) is 6.31. The van der Waals surface area contributed by atoms with E-state index in [0.717, 1.165) is 25.8 Å². The van der Waals surface area contributed by atoms with Crippen LogP contribution in [0.3, 0.4) is 0 Å². The summed E-state index contributed by atoms with van der Waals surface area (Å²) >= 11 is 0. The maximum Gasteiger partial charge on any atom is 0.157 e. The Balaban J connectivity index is 2.97. The van der Waals surface area contributed by atoms with Gasteiger partial charge in [-0.2, -0.15) is 0 Å². The van der Waals surface area contributed by atoms with Gasteiger partial charge >= 0.3 is 0 Å². The summed E-state index contributed by atoms with van der Waals surface area (Å²) in [5.74, 6) is 0.879. The average molecular weight is 289 g/mol. The van der Waals surface area contributed by atoms with Gasteiger partial charge in [-0.15, -0.1) is 0 Å². The second kappa shape index (κ2) is 7.07. The highest BCUT2D eigenvalue weighted by Crippen LogP contribution is 2.35. The third-order valence-corrected chi connectivity index (χ3v) is 7.57. The lowest BCUT2D eigenvalue weighted by atomic mass is 9.80. The van der Waals surface area contributed by atoms with E-state index in [4.69, 9.17) is 0 Å². The molecule has 0 aromatic heterocycles.